The van der Waals surface area contributed by atoms with E-state index in [1.54, 1.807) is 5.32 Å². The molecule has 0 spiro atoms. The van der Waals surface area contributed by atoms with E-state index >= 15 is 0 Å². The van der Waals surface area contributed by atoms with E-state index < -0.39 is 17.7 Å². The summed E-state index contributed by atoms with van der Waals surface area (Å²) in [5.74, 6) is -1.74. The monoisotopic (exact) mass is 251 g/mol. The van der Waals surface area contributed by atoms with Gasteiger partial charge in [-0.2, -0.15) is 0 Å². The molecule has 70 valence electrons. The van der Waals surface area contributed by atoms with Gasteiger partial charge in [0.05, 0.1) is 10.2 Å². The Morgan fingerprint density at radius 2 is 2.00 bits per heavy atom. The van der Waals surface area contributed by atoms with Crippen LogP contribution in [-0.2, 0) is 0 Å². The molecule has 0 aliphatic carbocycles. The Labute approximate surface area is 80.5 Å². The fourth-order valence-corrected chi connectivity index (χ4v) is 1.08. The quantitative estimate of drug-likeness (QED) is 0.755. The van der Waals surface area contributed by atoms with Crippen LogP contribution in [0.3, 0.4) is 0 Å². The number of hydrogen-bond donors (Lipinski definition) is 2. The molecule has 0 unspecified atom stereocenters. The van der Waals surface area contributed by atoms with Crippen molar-refractivity contribution in [2.24, 2.45) is 0 Å². The molecule has 3 nitrogen and oxygen atoms in total. The van der Waals surface area contributed by atoms with Crippen LogP contribution >= 0.6 is 15.9 Å². The highest BCUT2D eigenvalue weighted by atomic mass is 79.9. The zero-order valence-electron chi connectivity index (χ0n) is 6.14. The first-order valence-corrected chi connectivity index (χ1v) is 3.94. The second kappa shape index (κ2) is 3.69. The van der Waals surface area contributed by atoms with Crippen LogP contribution in [0.15, 0.2) is 16.6 Å². The maximum Gasteiger partial charge on any atom is 0.409 e. The zero-order valence-corrected chi connectivity index (χ0v) is 7.73. The van der Waals surface area contributed by atoms with Crippen LogP contribution in [0.5, 0.6) is 0 Å². The molecular formula is C7H4BrF2NO2. The van der Waals surface area contributed by atoms with Crippen molar-refractivity contribution in [3.05, 3.63) is 28.2 Å². The van der Waals surface area contributed by atoms with Gasteiger partial charge >= 0.3 is 6.09 Å². The number of amides is 1. The Balaban J connectivity index is 3.08. The van der Waals surface area contributed by atoms with E-state index in [2.05, 4.69) is 15.9 Å². The van der Waals surface area contributed by atoms with Crippen LogP contribution in [0.1, 0.15) is 0 Å². The van der Waals surface area contributed by atoms with Gasteiger partial charge in [-0.05, 0) is 22.0 Å². The summed E-state index contributed by atoms with van der Waals surface area (Å²) in [6.45, 7) is 0. The number of carbonyl (C=O) groups is 1. The fourth-order valence-electron chi connectivity index (χ4n) is 0.734. The third kappa shape index (κ3) is 2.38. The third-order valence-electron chi connectivity index (χ3n) is 1.25. The van der Waals surface area contributed by atoms with Crippen molar-refractivity contribution in [1.82, 2.24) is 0 Å². The normalized spacial score (nSPS) is 9.77. The fraction of sp³-hybridized carbons (Fsp3) is 0. The number of carboxylic acid groups (broad SMARTS) is 1. The minimum Gasteiger partial charge on any atom is -0.465 e. The molecule has 0 aliphatic heterocycles. The summed E-state index contributed by atoms with van der Waals surface area (Å²) in [5, 5.41) is 10.1. The number of benzene rings is 1. The summed E-state index contributed by atoms with van der Waals surface area (Å²) >= 11 is 2.80. The van der Waals surface area contributed by atoms with Gasteiger partial charge in [0.15, 0.2) is 0 Å². The number of nitrogens with one attached hydrogen (secondary N) is 1. The molecule has 0 aliphatic rings. The molecular weight excluding hydrogens is 248 g/mol. The molecule has 0 heterocycles. The Bertz CT molecular complexity index is 357. The Morgan fingerprint density at radius 3 is 2.54 bits per heavy atom. The molecule has 0 saturated heterocycles. The van der Waals surface area contributed by atoms with Gasteiger partial charge in [-0.3, -0.25) is 5.32 Å². The molecule has 1 amide bonds. The van der Waals surface area contributed by atoms with Crippen LogP contribution in [0.25, 0.3) is 0 Å². The van der Waals surface area contributed by atoms with Crippen molar-refractivity contribution in [3.63, 3.8) is 0 Å². The molecule has 13 heavy (non-hydrogen) atoms. The average molecular weight is 252 g/mol. The minimum absolute atomic E-state index is 0.00218. The molecule has 0 saturated carbocycles. The van der Waals surface area contributed by atoms with Gasteiger partial charge in [0.1, 0.15) is 11.6 Å². The molecule has 2 N–H and O–H groups in total. The summed E-state index contributed by atoms with van der Waals surface area (Å²) in [7, 11) is 0. The summed E-state index contributed by atoms with van der Waals surface area (Å²) in [6.07, 6.45) is -1.41. The van der Waals surface area contributed by atoms with Gasteiger partial charge in [0, 0.05) is 6.07 Å². The van der Waals surface area contributed by atoms with Crippen molar-refractivity contribution in [2.45, 2.75) is 0 Å². The lowest BCUT2D eigenvalue weighted by atomic mass is 10.3. The van der Waals surface area contributed by atoms with E-state index in [0.29, 0.717) is 6.07 Å². The predicted octanol–water partition coefficient (Wildman–Crippen LogP) is 2.82. The van der Waals surface area contributed by atoms with Crippen molar-refractivity contribution in [1.29, 1.82) is 0 Å². The second-order valence-electron chi connectivity index (χ2n) is 2.18. The van der Waals surface area contributed by atoms with E-state index in [0.717, 1.165) is 6.07 Å². The molecule has 0 fully saturated rings. The van der Waals surface area contributed by atoms with E-state index in [9.17, 15) is 13.6 Å². The summed E-state index contributed by atoms with van der Waals surface area (Å²) < 4.78 is 25.4. The topological polar surface area (TPSA) is 49.3 Å². The van der Waals surface area contributed by atoms with Gasteiger partial charge in [-0.15, -0.1) is 0 Å². The highest BCUT2D eigenvalue weighted by Crippen LogP contribution is 2.23. The largest absolute Gasteiger partial charge is 0.465 e. The SMILES string of the molecule is O=C(O)Nc1cc(Br)c(F)cc1F. The second-order valence-corrected chi connectivity index (χ2v) is 3.03. The van der Waals surface area contributed by atoms with Gasteiger partial charge < -0.3 is 5.11 Å². The number of halogens is 3. The molecule has 1 aromatic rings. The smallest absolute Gasteiger partial charge is 0.409 e. The van der Waals surface area contributed by atoms with E-state index in [4.69, 9.17) is 5.11 Å². The van der Waals surface area contributed by atoms with Crippen molar-refractivity contribution in [3.8, 4) is 0 Å². The molecule has 0 bridgehead atoms. The first-order chi connectivity index (χ1) is 6.00. The van der Waals surface area contributed by atoms with Crippen molar-refractivity contribution < 1.29 is 18.7 Å². The minimum atomic E-state index is -1.41. The summed E-state index contributed by atoms with van der Waals surface area (Å²) in [6, 6.07) is 1.61. The van der Waals surface area contributed by atoms with Gasteiger partial charge in [-0.1, -0.05) is 0 Å². The molecule has 1 aromatic carbocycles. The highest BCUT2D eigenvalue weighted by molar-refractivity contribution is 9.10. The third-order valence-corrected chi connectivity index (χ3v) is 1.86. The first-order valence-electron chi connectivity index (χ1n) is 3.15. The maximum atomic E-state index is 12.8. The van der Waals surface area contributed by atoms with Crippen molar-refractivity contribution >= 4 is 27.7 Å². The summed E-state index contributed by atoms with van der Waals surface area (Å²) in [5.41, 5.74) is -0.291. The number of anilines is 1. The van der Waals surface area contributed by atoms with Crippen LogP contribution < -0.4 is 5.32 Å². The van der Waals surface area contributed by atoms with Crippen LogP contribution in [0.4, 0.5) is 19.3 Å². The number of rotatable bonds is 1. The van der Waals surface area contributed by atoms with E-state index in [1.807, 2.05) is 0 Å². The van der Waals surface area contributed by atoms with Gasteiger partial charge in [0.25, 0.3) is 0 Å². The lowest BCUT2D eigenvalue weighted by molar-refractivity contribution is 0.209. The number of hydrogen-bond acceptors (Lipinski definition) is 1. The lowest BCUT2D eigenvalue weighted by Crippen LogP contribution is -2.09. The maximum absolute atomic E-state index is 12.8. The average Bonchev–Trinajstić information content (AvgIpc) is 1.99. The lowest BCUT2D eigenvalue weighted by Gasteiger charge is -2.03. The first kappa shape index (κ1) is 9.91. The Morgan fingerprint density at radius 1 is 1.38 bits per heavy atom. The molecule has 0 aromatic heterocycles. The molecule has 0 atom stereocenters. The molecule has 0 radical (unpaired) electrons. The molecule has 6 heteroatoms. The Hall–Kier alpha value is -1.17. The van der Waals surface area contributed by atoms with Crippen LogP contribution in [-0.4, -0.2) is 11.2 Å². The Kier molecular flexibility index (Phi) is 2.82. The highest BCUT2D eigenvalue weighted by Gasteiger charge is 2.09. The predicted molar refractivity (Wildman–Crippen MR) is 45.7 cm³/mol. The van der Waals surface area contributed by atoms with E-state index in [1.165, 1.54) is 0 Å². The zero-order chi connectivity index (χ0) is 10.0. The van der Waals surface area contributed by atoms with Gasteiger partial charge in [-0.25, -0.2) is 13.6 Å². The van der Waals surface area contributed by atoms with Gasteiger partial charge in [0.2, 0.25) is 0 Å². The molecule has 1 rings (SSSR count). The standard InChI is InChI=1S/C7H4BrF2NO2/c8-3-1-6(11-7(12)13)5(10)2-4(3)9/h1-2,11H,(H,12,13). The van der Waals surface area contributed by atoms with Crippen LogP contribution in [0.2, 0.25) is 0 Å². The van der Waals surface area contributed by atoms with Crippen molar-refractivity contribution in [2.75, 3.05) is 5.32 Å². The summed E-state index contributed by atoms with van der Waals surface area (Å²) in [4.78, 5) is 10.1. The van der Waals surface area contributed by atoms with E-state index in [-0.39, 0.29) is 10.2 Å². The van der Waals surface area contributed by atoms with Crippen LogP contribution in [0, 0.1) is 11.6 Å².